The molecule has 0 radical (unpaired) electrons. The number of aromatic nitrogens is 1. The average Bonchev–Trinajstić information content (AvgIpc) is 3.11. The summed E-state index contributed by atoms with van der Waals surface area (Å²) in [6.45, 7) is 0.0433. The van der Waals surface area contributed by atoms with Crippen LogP contribution in [0.25, 0.3) is 0 Å². The minimum Gasteiger partial charge on any atom is -0.365 e. The van der Waals surface area contributed by atoms with Crippen molar-refractivity contribution >= 4 is 39.0 Å². The third kappa shape index (κ3) is 5.54. The number of carbonyl (C=O) groups is 1. The number of hydrogen-bond acceptors (Lipinski definition) is 4. The number of benzene rings is 1. The number of nitrogens with zero attached hydrogens (tertiary/aromatic N) is 1. The van der Waals surface area contributed by atoms with Gasteiger partial charge in [0.2, 0.25) is 0 Å². The van der Waals surface area contributed by atoms with Crippen molar-refractivity contribution in [2.45, 2.75) is 19.3 Å². The smallest absolute Gasteiger partial charge is 0.365 e. The number of nitrogens with one attached hydrogen (secondary N) is 2. The highest BCUT2D eigenvalue weighted by molar-refractivity contribution is 9.11. The van der Waals surface area contributed by atoms with Crippen molar-refractivity contribution in [1.82, 2.24) is 10.3 Å². The fraction of sp³-hybridized carbons (Fsp3) is 0.158. The Bertz CT molecular complexity index is 1070. The number of hydrogen-bond donors (Lipinski definition) is 2. The van der Waals surface area contributed by atoms with Gasteiger partial charge in [-0.25, -0.2) is 13.8 Å². The molecule has 1 aromatic carbocycles. The van der Waals surface area contributed by atoms with E-state index in [1.807, 2.05) is 12.1 Å². The SMILES string of the molecule is O=C(NCc1ccc(F)c(F)c1)c1cc(C(F)(F)F)cnc1NCc1ccc(Br)s1. The third-order valence-corrected chi connectivity index (χ3v) is 5.58. The molecule has 2 heterocycles. The van der Waals surface area contributed by atoms with Gasteiger partial charge >= 0.3 is 6.18 Å². The second-order valence-electron chi connectivity index (χ2n) is 6.11. The van der Waals surface area contributed by atoms with Gasteiger partial charge in [0.25, 0.3) is 5.91 Å². The van der Waals surface area contributed by atoms with E-state index in [2.05, 4.69) is 31.5 Å². The van der Waals surface area contributed by atoms with Gasteiger partial charge in [-0.05, 0) is 51.8 Å². The molecule has 0 atom stereocenters. The fourth-order valence-corrected chi connectivity index (χ4v) is 3.90. The summed E-state index contributed by atoms with van der Waals surface area (Å²) in [5.74, 6) is -3.01. The number of alkyl halides is 3. The number of carbonyl (C=O) groups excluding carboxylic acids is 1. The quantitative estimate of drug-likeness (QED) is 0.419. The minimum atomic E-state index is -4.68. The van der Waals surface area contributed by atoms with E-state index in [-0.39, 0.29) is 30.0 Å². The summed E-state index contributed by atoms with van der Waals surface area (Å²) in [5, 5.41) is 5.26. The largest absolute Gasteiger partial charge is 0.417 e. The van der Waals surface area contributed by atoms with E-state index < -0.39 is 29.3 Å². The first kappa shape index (κ1) is 22.2. The predicted molar refractivity (Wildman–Crippen MR) is 106 cm³/mol. The van der Waals surface area contributed by atoms with Crippen molar-refractivity contribution in [1.29, 1.82) is 0 Å². The molecule has 11 heteroatoms. The summed E-state index contributed by atoms with van der Waals surface area (Å²) in [6, 6.07) is 7.38. The monoisotopic (exact) mass is 505 g/mol. The highest BCUT2D eigenvalue weighted by Crippen LogP contribution is 2.31. The Hall–Kier alpha value is -2.53. The molecule has 2 aromatic heterocycles. The Morgan fingerprint density at radius 2 is 1.83 bits per heavy atom. The van der Waals surface area contributed by atoms with Crippen LogP contribution in [0, 0.1) is 11.6 Å². The van der Waals surface area contributed by atoms with Gasteiger partial charge in [-0.1, -0.05) is 6.07 Å². The van der Waals surface area contributed by atoms with Crippen LogP contribution in [-0.4, -0.2) is 10.9 Å². The molecule has 30 heavy (non-hydrogen) atoms. The Morgan fingerprint density at radius 1 is 1.07 bits per heavy atom. The van der Waals surface area contributed by atoms with Gasteiger partial charge in [0.05, 0.1) is 21.5 Å². The number of anilines is 1. The summed E-state index contributed by atoms with van der Waals surface area (Å²) >= 11 is 4.73. The summed E-state index contributed by atoms with van der Waals surface area (Å²) < 4.78 is 66.4. The van der Waals surface area contributed by atoms with Crippen LogP contribution in [0.5, 0.6) is 0 Å². The molecule has 0 saturated carbocycles. The molecule has 0 unspecified atom stereocenters. The van der Waals surface area contributed by atoms with Gasteiger partial charge < -0.3 is 10.6 Å². The van der Waals surface area contributed by atoms with E-state index >= 15 is 0 Å². The topological polar surface area (TPSA) is 54.0 Å². The first-order chi connectivity index (χ1) is 14.1. The van der Waals surface area contributed by atoms with E-state index in [1.165, 1.54) is 17.4 Å². The van der Waals surface area contributed by atoms with Crippen molar-refractivity contribution in [3.05, 3.63) is 79.6 Å². The van der Waals surface area contributed by atoms with E-state index in [0.717, 1.165) is 20.8 Å². The zero-order valence-electron chi connectivity index (χ0n) is 15.0. The number of rotatable bonds is 6. The summed E-state index contributed by atoms with van der Waals surface area (Å²) in [4.78, 5) is 17.2. The van der Waals surface area contributed by atoms with Crippen LogP contribution in [0.4, 0.5) is 27.8 Å². The normalized spacial score (nSPS) is 11.4. The standard InChI is InChI=1S/C19H13BrF5N3OS/c20-16-4-2-12(30-16)9-27-17-13(6-11(8-26-17)19(23,24)25)18(29)28-7-10-1-3-14(21)15(22)5-10/h1-6,8H,7,9H2,(H,26,27)(H,28,29). The van der Waals surface area contributed by atoms with Crippen molar-refractivity contribution in [2.24, 2.45) is 0 Å². The van der Waals surface area contributed by atoms with Gasteiger partial charge in [0.1, 0.15) is 5.82 Å². The summed E-state index contributed by atoms with van der Waals surface area (Å²) in [5.41, 5.74) is -1.15. The number of pyridine rings is 1. The molecule has 0 spiro atoms. The molecule has 2 N–H and O–H groups in total. The van der Waals surface area contributed by atoms with E-state index in [1.54, 1.807) is 0 Å². The highest BCUT2D eigenvalue weighted by atomic mass is 79.9. The van der Waals surface area contributed by atoms with Crippen LogP contribution in [0.15, 0.2) is 46.4 Å². The molecule has 0 bridgehead atoms. The summed E-state index contributed by atoms with van der Waals surface area (Å²) in [7, 11) is 0. The Labute approximate surface area is 180 Å². The van der Waals surface area contributed by atoms with Gasteiger partial charge in [-0.15, -0.1) is 11.3 Å². The molecule has 158 valence electrons. The number of thiophene rings is 1. The molecule has 3 aromatic rings. The molecule has 0 aliphatic rings. The molecule has 1 amide bonds. The van der Waals surface area contributed by atoms with Gasteiger partial charge in [-0.2, -0.15) is 13.2 Å². The lowest BCUT2D eigenvalue weighted by Gasteiger charge is -2.14. The molecular weight excluding hydrogens is 493 g/mol. The Morgan fingerprint density at radius 3 is 2.47 bits per heavy atom. The first-order valence-electron chi connectivity index (χ1n) is 8.41. The van der Waals surface area contributed by atoms with Crippen LogP contribution in [-0.2, 0) is 19.3 Å². The second kappa shape index (κ2) is 9.09. The lowest BCUT2D eigenvalue weighted by molar-refractivity contribution is -0.137. The lowest BCUT2D eigenvalue weighted by Crippen LogP contribution is -2.25. The van der Waals surface area contributed by atoms with Crippen LogP contribution < -0.4 is 10.6 Å². The minimum absolute atomic E-state index is 0.0321. The Kier molecular flexibility index (Phi) is 6.71. The molecule has 0 saturated heterocycles. The highest BCUT2D eigenvalue weighted by Gasteiger charge is 2.32. The zero-order chi connectivity index (χ0) is 21.9. The van der Waals surface area contributed by atoms with E-state index in [9.17, 15) is 26.7 Å². The van der Waals surface area contributed by atoms with Gasteiger partial charge in [0, 0.05) is 17.6 Å². The second-order valence-corrected chi connectivity index (χ2v) is 8.66. The zero-order valence-corrected chi connectivity index (χ0v) is 17.4. The molecule has 0 fully saturated rings. The number of amides is 1. The maximum atomic E-state index is 13.3. The van der Waals surface area contributed by atoms with Gasteiger partial charge in [-0.3, -0.25) is 4.79 Å². The van der Waals surface area contributed by atoms with Crippen LogP contribution in [0.2, 0.25) is 0 Å². The molecular formula is C19H13BrF5N3OS. The van der Waals surface area contributed by atoms with Crippen molar-refractivity contribution in [3.63, 3.8) is 0 Å². The fourth-order valence-electron chi connectivity index (χ4n) is 2.48. The Balaban J connectivity index is 1.81. The molecule has 0 aliphatic carbocycles. The van der Waals surface area contributed by atoms with Crippen LogP contribution >= 0.6 is 27.3 Å². The maximum absolute atomic E-state index is 13.3. The number of halogens is 6. The maximum Gasteiger partial charge on any atom is 0.417 e. The van der Waals surface area contributed by atoms with Crippen molar-refractivity contribution in [2.75, 3.05) is 5.32 Å². The van der Waals surface area contributed by atoms with Gasteiger partial charge in [0.15, 0.2) is 11.6 Å². The molecule has 0 aliphatic heterocycles. The third-order valence-electron chi connectivity index (χ3n) is 3.96. The average molecular weight is 506 g/mol. The first-order valence-corrected chi connectivity index (χ1v) is 10.0. The van der Waals surface area contributed by atoms with Crippen LogP contribution in [0.3, 0.4) is 0 Å². The van der Waals surface area contributed by atoms with Crippen molar-refractivity contribution < 1.29 is 26.7 Å². The van der Waals surface area contributed by atoms with E-state index in [4.69, 9.17) is 0 Å². The van der Waals surface area contributed by atoms with E-state index in [0.29, 0.717) is 12.3 Å². The molecule has 3 rings (SSSR count). The van der Waals surface area contributed by atoms with Crippen LogP contribution in [0.1, 0.15) is 26.4 Å². The summed E-state index contributed by atoms with van der Waals surface area (Å²) in [6.07, 6.45) is -4.04. The van der Waals surface area contributed by atoms with Crippen molar-refractivity contribution in [3.8, 4) is 0 Å². The molecule has 4 nitrogen and oxygen atoms in total. The predicted octanol–water partition coefficient (Wildman–Crippen LogP) is 5.74. The lowest BCUT2D eigenvalue weighted by atomic mass is 10.1.